The maximum atomic E-state index is 13.6. The summed E-state index contributed by atoms with van der Waals surface area (Å²) in [6.07, 6.45) is 4.43. The molecule has 11 heteroatoms. The molecule has 3 heterocycles. The Morgan fingerprint density at radius 2 is 1.57 bits per heavy atom. The van der Waals surface area contributed by atoms with Crippen molar-refractivity contribution in [3.05, 3.63) is 100 Å². The van der Waals surface area contributed by atoms with Crippen LogP contribution < -0.4 is 15.5 Å². The zero-order chi connectivity index (χ0) is 39.6. The number of aryl methyl sites for hydroxylation is 1. The van der Waals surface area contributed by atoms with Crippen LogP contribution in [-0.2, 0) is 29.1 Å². The molecule has 0 bridgehead atoms. The Labute approximate surface area is 331 Å². The lowest BCUT2D eigenvalue weighted by Gasteiger charge is -2.57. The number of carbonyl (C=O) groups excluding carboxylic acids is 4. The lowest BCUT2D eigenvalue weighted by Crippen LogP contribution is -2.63. The Bertz CT molecular complexity index is 1980. The molecule has 3 fully saturated rings. The monoisotopic (exact) mass is 757 g/mol. The summed E-state index contributed by atoms with van der Waals surface area (Å²) in [6, 6.07) is 22.9. The first kappa shape index (κ1) is 39.0. The van der Waals surface area contributed by atoms with Gasteiger partial charge in [0.15, 0.2) is 0 Å². The average Bonchev–Trinajstić information content (AvgIpc) is 3.81. The number of anilines is 1. The van der Waals surface area contributed by atoms with Crippen LogP contribution in [0.3, 0.4) is 0 Å². The van der Waals surface area contributed by atoms with E-state index < -0.39 is 6.04 Å². The van der Waals surface area contributed by atoms with Gasteiger partial charge >= 0.3 is 0 Å². The number of rotatable bonds is 12. The summed E-state index contributed by atoms with van der Waals surface area (Å²) in [5.41, 5.74) is 6.23. The second kappa shape index (κ2) is 16.1. The van der Waals surface area contributed by atoms with Gasteiger partial charge in [-0.15, -0.1) is 0 Å². The molecule has 56 heavy (non-hydrogen) atoms. The molecule has 0 aromatic heterocycles. The van der Waals surface area contributed by atoms with Gasteiger partial charge in [0.05, 0.1) is 11.6 Å². The van der Waals surface area contributed by atoms with Crippen molar-refractivity contribution in [3.8, 4) is 6.07 Å². The molecule has 3 aliphatic heterocycles. The van der Waals surface area contributed by atoms with Gasteiger partial charge in [-0.3, -0.25) is 24.1 Å². The number of nitrogens with zero attached hydrogens (tertiary/aromatic N) is 5. The lowest BCUT2D eigenvalue weighted by molar-refractivity contribution is -0.139. The van der Waals surface area contributed by atoms with Crippen LogP contribution in [0.25, 0.3) is 0 Å². The Balaban J connectivity index is 0.839. The maximum absolute atomic E-state index is 13.6. The predicted octanol–water partition coefficient (Wildman–Crippen LogP) is 5.13. The van der Waals surface area contributed by atoms with Crippen molar-refractivity contribution in [1.82, 2.24) is 25.3 Å². The van der Waals surface area contributed by atoms with Crippen molar-refractivity contribution < 1.29 is 19.2 Å². The van der Waals surface area contributed by atoms with Crippen LogP contribution in [0.2, 0.25) is 0 Å². The summed E-state index contributed by atoms with van der Waals surface area (Å²) in [7, 11) is 0. The third kappa shape index (κ3) is 8.46. The van der Waals surface area contributed by atoms with E-state index in [2.05, 4.69) is 72.4 Å². The topological polar surface area (TPSA) is 129 Å². The van der Waals surface area contributed by atoms with Gasteiger partial charge in [0.2, 0.25) is 11.8 Å². The summed E-state index contributed by atoms with van der Waals surface area (Å²) >= 11 is 0. The number of piperazine rings is 1. The van der Waals surface area contributed by atoms with E-state index >= 15 is 0 Å². The van der Waals surface area contributed by atoms with Crippen molar-refractivity contribution >= 4 is 29.3 Å². The van der Waals surface area contributed by atoms with Gasteiger partial charge in [0.25, 0.3) is 11.8 Å². The van der Waals surface area contributed by atoms with Crippen molar-refractivity contribution in [2.45, 2.75) is 85.0 Å². The number of fused-ring (bicyclic) bond motifs is 1. The van der Waals surface area contributed by atoms with Crippen molar-refractivity contribution in [2.24, 2.45) is 10.8 Å². The number of carbonyl (C=O) groups is 4. The van der Waals surface area contributed by atoms with E-state index in [0.29, 0.717) is 42.7 Å². The van der Waals surface area contributed by atoms with Crippen LogP contribution in [-0.4, -0.2) is 96.2 Å². The van der Waals surface area contributed by atoms with E-state index in [9.17, 15) is 19.2 Å². The third-order valence-electron chi connectivity index (χ3n) is 12.4. The number of amides is 4. The van der Waals surface area contributed by atoms with Crippen molar-refractivity contribution in [3.63, 3.8) is 0 Å². The molecular weight excluding hydrogens is 703 g/mol. The van der Waals surface area contributed by atoms with Gasteiger partial charge in [-0.1, -0.05) is 58.0 Å². The maximum Gasteiger partial charge on any atom is 0.255 e. The largest absolute Gasteiger partial charge is 0.369 e. The second-order valence-electron chi connectivity index (χ2n) is 17.5. The predicted molar refractivity (Wildman–Crippen MR) is 216 cm³/mol. The minimum absolute atomic E-state index is 0.00719. The molecule has 11 nitrogen and oxygen atoms in total. The Morgan fingerprint density at radius 1 is 0.875 bits per heavy atom. The SMILES string of the molecule is CC1(C)CC(C)(C)C1NC(=O)c1ccc(CCCN2CCN(c3ccc4c(c3)C(=O)N(CC(=O)N3CCC[C@H]3C(=O)NCc3ccc(C#N)cc3)C4)CC2)cc1. The number of nitrogens with one attached hydrogen (secondary N) is 2. The second-order valence-corrected chi connectivity index (χ2v) is 17.5. The first-order valence-corrected chi connectivity index (χ1v) is 20.2. The molecule has 294 valence electrons. The van der Waals surface area contributed by atoms with Crippen molar-refractivity contribution in [1.29, 1.82) is 5.26 Å². The third-order valence-corrected chi connectivity index (χ3v) is 12.4. The molecule has 0 radical (unpaired) electrons. The highest BCUT2D eigenvalue weighted by Crippen LogP contribution is 2.53. The van der Waals surface area contributed by atoms with Gasteiger partial charge in [-0.05, 0) is 103 Å². The molecule has 4 aliphatic rings. The van der Waals surface area contributed by atoms with Crippen LogP contribution in [0.4, 0.5) is 5.69 Å². The van der Waals surface area contributed by atoms with Crippen molar-refractivity contribution in [2.75, 3.05) is 50.7 Å². The zero-order valence-electron chi connectivity index (χ0n) is 33.3. The van der Waals surface area contributed by atoms with Gasteiger partial charge < -0.3 is 25.3 Å². The smallest absolute Gasteiger partial charge is 0.255 e. The summed E-state index contributed by atoms with van der Waals surface area (Å²) in [4.78, 5) is 61.1. The van der Waals surface area contributed by atoms with E-state index in [1.54, 1.807) is 21.9 Å². The molecule has 1 atom stereocenters. The summed E-state index contributed by atoms with van der Waals surface area (Å²) < 4.78 is 0. The molecule has 3 aromatic carbocycles. The number of benzene rings is 3. The Morgan fingerprint density at radius 3 is 2.25 bits per heavy atom. The number of likely N-dealkylation sites (tertiary alicyclic amines) is 1. The fourth-order valence-corrected chi connectivity index (χ4v) is 9.74. The van der Waals surface area contributed by atoms with Crippen LogP contribution in [0.5, 0.6) is 0 Å². The van der Waals surface area contributed by atoms with Gasteiger partial charge in [0, 0.05) is 68.7 Å². The first-order chi connectivity index (χ1) is 26.8. The van der Waals surface area contributed by atoms with E-state index in [0.717, 1.165) is 75.2 Å². The summed E-state index contributed by atoms with van der Waals surface area (Å²) in [5.74, 6) is -0.552. The van der Waals surface area contributed by atoms with E-state index in [4.69, 9.17) is 5.26 Å². The molecule has 0 spiro atoms. The number of hydrogen-bond acceptors (Lipinski definition) is 7. The lowest BCUT2D eigenvalue weighted by atomic mass is 9.52. The fourth-order valence-electron chi connectivity index (χ4n) is 9.74. The molecule has 2 N–H and O–H groups in total. The molecule has 3 aromatic rings. The van der Waals surface area contributed by atoms with Gasteiger partial charge in [-0.25, -0.2) is 0 Å². The first-order valence-electron chi connectivity index (χ1n) is 20.2. The van der Waals surface area contributed by atoms with E-state index in [1.165, 1.54) is 5.56 Å². The molecule has 1 aliphatic carbocycles. The number of hydrogen-bond donors (Lipinski definition) is 2. The summed E-state index contributed by atoms with van der Waals surface area (Å²) in [5, 5.41) is 15.2. The quantitative estimate of drug-likeness (QED) is 0.262. The van der Waals surface area contributed by atoms with E-state index in [-0.39, 0.29) is 47.0 Å². The minimum Gasteiger partial charge on any atom is -0.369 e. The molecule has 2 saturated heterocycles. The summed E-state index contributed by atoms with van der Waals surface area (Å²) in [6.45, 7) is 14.7. The Kier molecular flexibility index (Phi) is 11.2. The highest BCUT2D eigenvalue weighted by molar-refractivity contribution is 6.01. The van der Waals surface area contributed by atoms with Crippen LogP contribution in [0, 0.1) is 22.2 Å². The normalized spacial score (nSPS) is 20.3. The van der Waals surface area contributed by atoms with Crippen LogP contribution in [0.1, 0.15) is 96.3 Å². The molecule has 4 amide bonds. The number of nitriles is 1. The Hall–Kier alpha value is -5.21. The minimum atomic E-state index is -0.560. The van der Waals surface area contributed by atoms with E-state index in [1.807, 2.05) is 36.4 Å². The average molecular weight is 758 g/mol. The molecule has 7 rings (SSSR count). The molecule has 0 unspecified atom stereocenters. The zero-order valence-corrected chi connectivity index (χ0v) is 33.3. The standard InChI is InChI=1S/C45H55N7O4/c1-44(2)30-45(3,4)43(44)48-40(54)34-15-13-31(14-16-34)7-5-19-49-21-23-50(24-22-49)36-18-17-35-28-51(42(56)37(35)25-36)29-39(53)52-20-6-8-38(52)41(55)47-27-33-11-9-32(26-46)10-12-33/h9-18,25,38,43H,5-8,19-24,27-30H2,1-4H3,(H,47,55)(H,48,54)/t38-/m0/s1. The molecular formula is C45H55N7O4. The van der Waals surface area contributed by atoms with Gasteiger partial charge in [0.1, 0.15) is 12.6 Å². The highest BCUT2D eigenvalue weighted by Gasteiger charge is 2.53. The van der Waals surface area contributed by atoms with Crippen LogP contribution >= 0.6 is 0 Å². The molecule has 1 saturated carbocycles. The van der Waals surface area contributed by atoms with Gasteiger partial charge in [-0.2, -0.15) is 5.26 Å². The fraction of sp³-hybridized carbons (Fsp3) is 0.489. The highest BCUT2D eigenvalue weighted by atomic mass is 16.2. The van der Waals surface area contributed by atoms with Crippen LogP contribution in [0.15, 0.2) is 66.7 Å².